The third kappa shape index (κ3) is 4.37. The van der Waals surface area contributed by atoms with Crippen LogP contribution in [0, 0.1) is 6.92 Å². The van der Waals surface area contributed by atoms with Crippen molar-refractivity contribution >= 4 is 38.9 Å². The standard InChI is InChI=1S/C19H21ClN2O3S/c1-14-3-5-15(6-4-14)7-10-19(23)21-16-8-9-17(20)18(13-16)22-11-2-12-26(22,24)25/h3-6,8-9,13H,2,7,10-12H2,1H3,(H,21,23). The van der Waals surface area contributed by atoms with Gasteiger partial charge in [0.2, 0.25) is 15.9 Å². The van der Waals surface area contributed by atoms with Crippen LogP contribution in [0.5, 0.6) is 0 Å². The number of rotatable bonds is 5. The molecule has 0 unspecified atom stereocenters. The molecule has 0 bridgehead atoms. The Kier molecular flexibility index (Phi) is 5.53. The van der Waals surface area contributed by atoms with Crippen LogP contribution in [-0.4, -0.2) is 26.6 Å². The third-order valence-electron chi connectivity index (χ3n) is 4.36. The first-order valence-electron chi connectivity index (χ1n) is 8.50. The van der Waals surface area contributed by atoms with Crippen molar-refractivity contribution in [3.05, 3.63) is 58.6 Å². The maximum absolute atomic E-state index is 12.2. The monoisotopic (exact) mass is 392 g/mol. The lowest BCUT2D eigenvalue weighted by molar-refractivity contribution is -0.116. The Hall–Kier alpha value is -2.05. The second kappa shape index (κ2) is 7.68. The smallest absolute Gasteiger partial charge is 0.235 e. The minimum atomic E-state index is -3.32. The van der Waals surface area contributed by atoms with Gasteiger partial charge in [0.1, 0.15) is 0 Å². The highest BCUT2D eigenvalue weighted by atomic mass is 35.5. The van der Waals surface area contributed by atoms with E-state index in [-0.39, 0.29) is 11.7 Å². The minimum Gasteiger partial charge on any atom is -0.326 e. The molecule has 1 heterocycles. The Morgan fingerprint density at radius 1 is 1.19 bits per heavy atom. The lowest BCUT2D eigenvalue weighted by atomic mass is 10.1. The Balaban J connectivity index is 1.67. The molecule has 1 N–H and O–H groups in total. The molecule has 1 aliphatic rings. The molecule has 0 radical (unpaired) electrons. The lowest BCUT2D eigenvalue weighted by Gasteiger charge is -2.19. The highest BCUT2D eigenvalue weighted by Gasteiger charge is 2.30. The first-order chi connectivity index (χ1) is 12.3. The number of amides is 1. The van der Waals surface area contributed by atoms with E-state index in [4.69, 9.17) is 11.6 Å². The fourth-order valence-electron chi connectivity index (χ4n) is 2.93. The predicted octanol–water partition coefficient (Wildman–Crippen LogP) is 3.76. The number of sulfonamides is 1. The van der Waals surface area contributed by atoms with Crippen LogP contribution in [0.3, 0.4) is 0 Å². The highest BCUT2D eigenvalue weighted by molar-refractivity contribution is 7.93. The molecular formula is C19H21ClN2O3S. The van der Waals surface area contributed by atoms with Gasteiger partial charge in [-0.2, -0.15) is 0 Å². The second-order valence-electron chi connectivity index (χ2n) is 6.44. The fraction of sp³-hybridized carbons (Fsp3) is 0.316. The van der Waals surface area contributed by atoms with Gasteiger partial charge in [-0.3, -0.25) is 9.10 Å². The topological polar surface area (TPSA) is 66.5 Å². The molecule has 0 aromatic heterocycles. The van der Waals surface area contributed by atoms with Crippen molar-refractivity contribution in [2.75, 3.05) is 21.9 Å². The summed E-state index contributed by atoms with van der Waals surface area (Å²) >= 11 is 6.18. The van der Waals surface area contributed by atoms with Gasteiger partial charge in [-0.05, 0) is 43.5 Å². The van der Waals surface area contributed by atoms with Crippen LogP contribution in [0.1, 0.15) is 24.0 Å². The van der Waals surface area contributed by atoms with E-state index in [2.05, 4.69) is 5.32 Å². The van der Waals surface area contributed by atoms with Gasteiger partial charge in [0.15, 0.2) is 0 Å². The van der Waals surface area contributed by atoms with Crippen molar-refractivity contribution in [3.8, 4) is 0 Å². The largest absolute Gasteiger partial charge is 0.326 e. The molecule has 138 valence electrons. The normalized spacial score (nSPS) is 15.8. The van der Waals surface area contributed by atoms with Crippen molar-refractivity contribution < 1.29 is 13.2 Å². The SMILES string of the molecule is Cc1ccc(CCC(=O)Nc2ccc(Cl)c(N3CCCS3(=O)=O)c2)cc1. The van der Waals surface area contributed by atoms with E-state index >= 15 is 0 Å². The molecule has 1 fully saturated rings. The summed E-state index contributed by atoms with van der Waals surface area (Å²) in [6.45, 7) is 2.43. The summed E-state index contributed by atoms with van der Waals surface area (Å²) in [4.78, 5) is 12.2. The van der Waals surface area contributed by atoms with Crippen molar-refractivity contribution in [1.82, 2.24) is 0 Å². The number of aryl methyl sites for hydroxylation is 2. The van der Waals surface area contributed by atoms with Gasteiger partial charge in [-0.1, -0.05) is 41.4 Å². The molecule has 1 aliphatic heterocycles. The molecule has 0 spiro atoms. The summed E-state index contributed by atoms with van der Waals surface area (Å²) in [7, 11) is -3.32. The summed E-state index contributed by atoms with van der Waals surface area (Å²) in [6.07, 6.45) is 1.57. The zero-order valence-corrected chi connectivity index (χ0v) is 16.1. The summed E-state index contributed by atoms with van der Waals surface area (Å²) in [6, 6.07) is 13.0. The summed E-state index contributed by atoms with van der Waals surface area (Å²) < 4.78 is 25.5. The Morgan fingerprint density at radius 2 is 1.92 bits per heavy atom. The Morgan fingerprint density at radius 3 is 2.58 bits per heavy atom. The fourth-order valence-corrected chi connectivity index (χ4v) is 4.77. The van der Waals surface area contributed by atoms with Gasteiger partial charge in [0.25, 0.3) is 0 Å². The number of anilines is 2. The number of benzene rings is 2. The van der Waals surface area contributed by atoms with Gasteiger partial charge < -0.3 is 5.32 Å². The van der Waals surface area contributed by atoms with Crippen molar-refractivity contribution in [1.29, 1.82) is 0 Å². The van der Waals surface area contributed by atoms with Crippen molar-refractivity contribution in [3.63, 3.8) is 0 Å². The van der Waals surface area contributed by atoms with E-state index in [1.807, 2.05) is 31.2 Å². The number of nitrogens with zero attached hydrogens (tertiary/aromatic N) is 1. The zero-order chi connectivity index (χ0) is 18.7. The maximum Gasteiger partial charge on any atom is 0.235 e. The van der Waals surface area contributed by atoms with Gasteiger partial charge in [0.05, 0.1) is 16.5 Å². The number of hydrogen-bond acceptors (Lipinski definition) is 3. The molecule has 7 heteroatoms. The molecule has 2 aromatic rings. The molecule has 0 saturated carbocycles. The number of carbonyl (C=O) groups excluding carboxylic acids is 1. The molecule has 0 atom stereocenters. The number of halogens is 1. The molecule has 5 nitrogen and oxygen atoms in total. The van der Waals surface area contributed by atoms with E-state index in [1.54, 1.807) is 18.2 Å². The van der Waals surface area contributed by atoms with Crippen LogP contribution < -0.4 is 9.62 Å². The van der Waals surface area contributed by atoms with E-state index in [0.717, 1.165) is 5.56 Å². The summed E-state index contributed by atoms with van der Waals surface area (Å²) in [5.41, 5.74) is 3.25. The van der Waals surface area contributed by atoms with Crippen molar-refractivity contribution in [2.24, 2.45) is 0 Å². The van der Waals surface area contributed by atoms with Crippen LogP contribution in [0.2, 0.25) is 5.02 Å². The van der Waals surface area contributed by atoms with Crippen LogP contribution in [-0.2, 0) is 21.2 Å². The molecule has 3 rings (SSSR count). The van der Waals surface area contributed by atoms with Crippen LogP contribution in [0.15, 0.2) is 42.5 Å². The Bertz CT molecular complexity index is 911. The van der Waals surface area contributed by atoms with E-state index in [9.17, 15) is 13.2 Å². The second-order valence-corrected chi connectivity index (χ2v) is 8.86. The van der Waals surface area contributed by atoms with Gasteiger partial charge >= 0.3 is 0 Å². The molecule has 1 amide bonds. The molecule has 1 saturated heterocycles. The van der Waals surface area contributed by atoms with E-state index in [1.165, 1.54) is 9.87 Å². The van der Waals surface area contributed by atoms with E-state index in [0.29, 0.717) is 42.2 Å². The predicted molar refractivity (Wildman–Crippen MR) is 105 cm³/mol. The summed E-state index contributed by atoms with van der Waals surface area (Å²) in [5, 5.41) is 3.18. The first kappa shape index (κ1) is 18.7. The Labute approximate surface area is 159 Å². The number of nitrogens with one attached hydrogen (secondary N) is 1. The molecular weight excluding hydrogens is 372 g/mol. The summed E-state index contributed by atoms with van der Waals surface area (Å²) in [5.74, 6) is -0.000611. The highest BCUT2D eigenvalue weighted by Crippen LogP contribution is 2.33. The minimum absolute atomic E-state index is 0.121. The maximum atomic E-state index is 12.2. The van der Waals surface area contributed by atoms with Crippen molar-refractivity contribution in [2.45, 2.75) is 26.2 Å². The first-order valence-corrected chi connectivity index (χ1v) is 10.5. The number of carbonyl (C=O) groups is 1. The quantitative estimate of drug-likeness (QED) is 0.842. The molecule has 26 heavy (non-hydrogen) atoms. The van der Waals surface area contributed by atoms with Gasteiger partial charge in [0, 0.05) is 18.7 Å². The lowest BCUT2D eigenvalue weighted by Crippen LogP contribution is -2.25. The van der Waals surface area contributed by atoms with Crippen LogP contribution in [0.4, 0.5) is 11.4 Å². The molecule has 0 aliphatic carbocycles. The van der Waals surface area contributed by atoms with E-state index < -0.39 is 10.0 Å². The van der Waals surface area contributed by atoms with Crippen LogP contribution in [0.25, 0.3) is 0 Å². The molecule has 2 aromatic carbocycles. The third-order valence-corrected chi connectivity index (χ3v) is 6.53. The van der Waals surface area contributed by atoms with Crippen LogP contribution >= 0.6 is 11.6 Å². The average molecular weight is 393 g/mol. The van der Waals surface area contributed by atoms with Gasteiger partial charge in [-0.15, -0.1) is 0 Å². The van der Waals surface area contributed by atoms with Gasteiger partial charge in [-0.25, -0.2) is 8.42 Å². The zero-order valence-electron chi connectivity index (χ0n) is 14.5. The number of hydrogen-bond donors (Lipinski definition) is 1. The average Bonchev–Trinajstić information content (AvgIpc) is 2.95.